The normalized spacial score (nSPS) is 15.6. The van der Waals surface area contributed by atoms with Crippen molar-refractivity contribution < 1.29 is 18.7 Å². The van der Waals surface area contributed by atoms with Crippen LogP contribution in [0.25, 0.3) is 0 Å². The van der Waals surface area contributed by atoms with Gasteiger partial charge < -0.3 is 15.0 Å². The van der Waals surface area contributed by atoms with Gasteiger partial charge in [-0.05, 0) is 37.0 Å². The molecular weight excluding hydrogens is 275 g/mol. The maximum absolute atomic E-state index is 13.0. The predicted molar refractivity (Wildman–Crippen MR) is 75.4 cm³/mol. The molecule has 0 saturated carbocycles. The molecule has 1 aromatic rings. The average molecular weight is 294 g/mol. The molecule has 0 aliphatic carbocycles. The first kappa shape index (κ1) is 15.3. The van der Waals surface area contributed by atoms with Crippen LogP contribution in [0.15, 0.2) is 24.3 Å². The molecule has 0 unspecified atom stereocenters. The lowest BCUT2D eigenvalue weighted by atomic mass is 9.97. The molecule has 1 N–H and O–H groups in total. The van der Waals surface area contributed by atoms with Crippen LogP contribution in [0.4, 0.5) is 9.18 Å². The average Bonchev–Trinajstić information content (AvgIpc) is 2.52. The third-order valence-corrected chi connectivity index (χ3v) is 3.69. The SMILES string of the molecule is COC(=O)N1CCC(CNC(=O)c2cccc(F)c2)CC1. The van der Waals surface area contributed by atoms with Gasteiger partial charge >= 0.3 is 6.09 Å². The van der Waals surface area contributed by atoms with E-state index in [0.717, 1.165) is 12.8 Å². The second-order valence-electron chi connectivity index (χ2n) is 5.12. The van der Waals surface area contributed by atoms with Gasteiger partial charge in [-0.1, -0.05) is 6.07 Å². The summed E-state index contributed by atoms with van der Waals surface area (Å²) in [7, 11) is 1.37. The molecular formula is C15H19FN2O3. The number of hydrogen-bond acceptors (Lipinski definition) is 3. The molecule has 1 saturated heterocycles. The van der Waals surface area contributed by atoms with Crippen LogP contribution in [-0.4, -0.2) is 43.6 Å². The van der Waals surface area contributed by atoms with Gasteiger partial charge in [-0.25, -0.2) is 9.18 Å². The molecule has 2 amide bonds. The van der Waals surface area contributed by atoms with Gasteiger partial charge in [0.15, 0.2) is 0 Å². The number of halogens is 1. The maximum Gasteiger partial charge on any atom is 0.409 e. The van der Waals surface area contributed by atoms with Crippen molar-refractivity contribution in [3.63, 3.8) is 0 Å². The Morgan fingerprint density at radius 1 is 1.38 bits per heavy atom. The van der Waals surface area contributed by atoms with Crippen LogP contribution in [0.5, 0.6) is 0 Å². The highest BCUT2D eigenvalue weighted by Gasteiger charge is 2.23. The fourth-order valence-electron chi connectivity index (χ4n) is 2.42. The number of nitrogens with one attached hydrogen (secondary N) is 1. The number of likely N-dealkylation sites (tertiary alicyclic amines) is 1. The highest BCUT2D eigenvalue weighted by Crippen LogP contribution is 2.17. The van der Waals surface area contributed by atoms with Crippen LogP contribution in [0.1, 0.15) is 23.2 Å². The molecule has 21 heavy (non-hydrogen) atoms. The Balaban J connectivity index is 1.77. The van der Waals surface area contributed by atoms with Crippen LogP contribution < -0.4 is 5.32 Å². The van der Waals surface area contributed by atoms with E-state index in [1.807, 2.05) is 0 Å². The number of methoxy groups -OCH3 is 1. The summed E-state index contributed by atoms with van der Waals surface area (Å²) < 4.78 is 17.7. The van der Waals surface area contributed by atoms with E-state index < -0.39 is 5.82 Å². The minimum Gasteiger partial charge on any atom is -0.453 e. The Hall–Kier alpha value is -2.11. The molecule has 5 nitrogen and oxygen atoms in total. The summed E-state index contributed by atoms with van der Waals surface area (Å²) in [6.45, 7) is 1.80. The second kappa shape index (κ2) is 7.06. The highest BCUT2D eigenvalue weighted by molar-refractivity contribution is 5.94. The Labute approximate surface area is 123 Å². The topological polar surface area (TPSA) is 58.6 Å². The van der Waals surface area contributed by atoms with Crippen molar-refractivity contribution in [2.75, 3.05) is 26.7 Å². The molecule has 1 fully saturated rings. The van der Waals surface area contributed by atoms with Crippen molar-refractivity contribution in [1.82, 2.24) is 10.2 Å². The smallest absolute Gasteiger partial charge is 0.409 e. The number of hydrogen-bond donors (Lipinski definition) is 1. The number of piperidine rings is 1. The summed E-state index contributed by atoms with van der Waals surface area (Å²) in [4.78, 5) is 24.9. The Kier molecular flexibility index (Phi) is 5.14. The summed E-state index contributed by atoms with van der Waals surface area (Å²) >= 11 is 0. The summed E-state index contributed by atoms with van der Waals surface area (Å²) in [6, 6.07) is 5.62. The lowest BCUT2D eigenvalue weighted by molar-refractivity contribution is 0.0914. The summed E-state index contributed by atoms with van der Waals surface area (Å²) in [5, 5.41) is 2.81. The number of rotatable bonds is 3. The number of carbonyl (C=O) groups excluding carboxylic acids is 2. The Bertz CT molecular complexity index is 513. The molecule has 1 heterocycles. The van der Waals surface area contributed by atoms with Gasteiger partial charge in [-0.15, -0.1) is 0 Å². The molecule has 1 aliphatic heterocycles. The van der Waals surface area contributed by atoms with Gasteiger partial charge in [0, 0.05) is 25.2 Å². The first-order valence-electron chi connectivity index (χ1n) is 6.97. The number of benzene rings is 1. The molecule has 0 radical (unpaired) electrons. The number of nitrogens with zero attached hydrogens (tertiary/aromatic N) is 1. The predicted octanol–water partition coefficient (Wildman–Crippen LogP) is 2.03. The van der Waals surface area contributed by atoms with Gasteiger partial charge in [-0.3, -0.25) is 4.79 Å². The van der Waals surface area contributed by atoms with Crippen LogP contribution in [0, 0.1) is 11.7 Å². The molecule has 2 rings (SSSR count). The molecule has 0 aromatic heterocycles. The van der Waals surface area contributed by atoms with Crippen molar-refractivity contribution in [2.45, 2.75) is 12.8 Å². The van der Waals surface area contributed by atoms with Crippen molar-refractivity contribution in [3.05, 3.63) is 35.6 Å². The second-order valence-corrected chi connectivity index (χ2v) is 5.12. The number of ether oxygens (including phenoxy) is 1. The molecule has 6 heteroatoms. The third kappa shape index (κ3) is 4.18. The van der Waals surface area contributed by atoms with Crippen molar-refractivity contribution >= 4 is 12.0 Å². The van der Waals surface area contributed by atoms with Crippen molar-refractivity contribution in [1.29, 1.82) is 0 Å². The van der Waals surface area contributed by atoms with E-state index in [0.29, 0.717) is 31.1 Å². The highest BCUT2D eigenvalue weighted by atomic mass is 19.1. The largest absolute Gasteiger partial charge is 0.453 e. The van der Waals surface area contributed by atoms with Crippen LogP contribution in [0.3, 0.4) is 0 Å². The molecule has 0 spiro atoms. The molecule has 114 valence electrons. The van der Waals surface area contributed by atoms with E-state index in [1.54, 1.807) is 11.0 Å². The van der Waals surface area contributed by atoms with E-state index in [2.05, 4.69) is 10.1 Å². The van der Waals surface area contributed by atoms with Gasteiger partial charge in [0.25, 0.3) is 5.91 Å². The van der Waals surface area contributed by atoms with Crippen LogP contribution in [0.2, 0.25) is 0 Å². The fraction of sp³-hybridized carbons (Fsp3) is 0.467. The zero-order chi connectivity index (χ0) is 15.2. The van der Waals surface area contributed by atoms with E-state index >= 15 is 0 Å². The number of carbonyl (C=O) groups is 2. The quantitative estimate of drug-likeness (QED) is 0.928. The molecule has 1 aliphatic rings. The monoisotopic (exact) mass is 294 g/mol. The minimum absolute atomic E-state index is 0.273. The van der Waals surface area contributed by atoms with E-state index in [4.69, 9.17) is 0 Å². The zero-order valence-corrected chi connectivity index (χ0v) is 12.0. The lowest BCUT2D eigenvalue weighted by Gasteiger charge is -2.30. The van der Waals surface area contributed by atoms with Gasteiger partial charge in [0.05, 0.1) is 7.11 Å². The molecule has 0 bridgehead atoms. The van der Waals surface area contributed by atoms with Crippen LogP contribution >= 0.6 is 0 Å². The Morgan fingerprint density at radius 3 is 2.71 bits per heavy atom. The third-order valence-electron chi connectivity index (χ3n) is 3.69. The fourth-order valence-corrected chi connectivity index (χ4v) is 2.42. The van der Waals surface area contributed by atoms with Gasteiger partial charge in [0.1, 0.15) is 5.82 Å². The van der Waals surface area contributed by atoms with Gasteiger partial charge in [0.2, 0.25) is 0 Å². The van der Waals surface area contributed by atoms with Crippen molar-refractivity contribution in [3.8, 4) is 0 Å². The summed E-state index contributed by atoms with van der Waals surface area (Å²) in [5.41, 5.74) is 0.321. The standard InChI is InChI=1S/C15H19FN2O3/c1-21-15(20)18-7-5-11(6-8-18)10-17-14(19)12-3-2-4-13(16)9-12/h2-4,9,11H,5-8,10H2,1H3,(H,17,19). The lowest BCUT2D eigenvalue weighted by Crippen LogP contribution is -2.41. The molecule has 1 aromatic carbocycles. The van der Waals surface area contributed by atoms with E-state index in [-0.39, 0.29) is 12.0 Å². The van der Waals surface area contributed by atoms with Crippen molar-refractivity contribution in [2.24, 2.45) is 5.92 Å². The number of amides is 2. The van der Waals surface area contributed by atoms with Crippen LogP contribution in [-0.2, 0) is 4.74 Å². The van der Waals surface area contributed by atoms with Gasteiger partial charge in [-0.2, -0.15) is 0 Å². The summed E-state index contributed by atoms with van der Waals surface area (Å²) in [5.74, 6) is -0.373. The zero-order valence-electron chi connectivity index (χ0n) is 12.0. The van der Waals surface area contributed by atoms with E-state index in [9.17, 15) is 14.0 Å². The Morgan fingerprint density at radius 2 is 2.10 bits per heavy atom. The summed E-state index contributed by atoms with van der Waals surface area (Å²) in [6.07, 6.45) is 1.33. The minimum atomic E-state index is -0.422. The maximum atomic E-state index is 13.0. The van der Waals surface area contributed by atoms with E-state index in [1.165, 1.54) is 25.3 Å². The first-order valence-corrected chi connectivity index (χ1v) is 6.97. The molecule has 0 atom stereocenters. The first-order chi connectivity index (χ1) is 10.1.